The molecule has 0 aliphatic rings. The molecule has 3 heterocycles. The van der Waals surface area contributed by atoms with Crippen LogP contribution in [0, 0.1) is 6.92 Å². The summed E-state index contributed by atoms with van der Waals surface area (Å²) in [7, 11) is 1.55. The molecule has 0 bridgehead atoms. The molecule has 0 fully saturated rings. The van der Waals surface area contributed by atoms with Crippen LogP contribution in [0.25, 0.3) is 22.0 Å². The van der Waals surface area contributed by atoms with Crippen molar-refractivity contribution in [2.75, 3.05) is 12.4 Å². The maximum atomic E-state index is 13.3. The third-order valence-electron chi connectivity index (χ3n) is 5.63. The molecule has 2 aromatic carbocycles. The van der Waals surface area contributed by atoms with Gasteiger partial charge in [0.1, 0.15) is 11.3 Å². The predicted molar refractivity (Wildman–Crippen MR) is 129 cm³/mol. The van der Waals surface area contributed by atoms with E-state index in [1.165, 1.54) is 6.20 Å². The number of carbonyl (C=O) groups excluding carboxylic acids is 2. The van der Waals surface area contributed by atoms with Gasteiger partial charge in [0.05, 0.1) is 18.9 Å². The first-order valence-electron chi connectivity index (χ1n) is 10.4. The summed E-state index contributed by atoms with van der Waals surface area (Å²) in [5.74, 6) is -0.973. The number of methoxy groups -OCH3 is 1. The number of fused-ring (bicyclic) bond motifs is 2. The van der Waals surface area contributed by atoms with Gasteiger partial charge in [-0.05, 0) is 42.8 Å². The van der Waals surface area contributed by atoms with E-state index < -0.39 is 11.7 Å². The Morgan fingerprint density at radius 3 is 2.68 bits per heavy atom. The number of anilines is 1. The van der Waals surface area contributed by atoms with Crippen LogP contribution in [-0.4, -0.2) is 33.3 Å². The van der Waals surface area contributed by atoms with Gasteiger partial charge in [0.15, 0.2) is 5.58 Å². The molecule has 5 rings (SSSR count). The van der Waals surface area contributed by atoms with Crippen LogP contribution in [0.5, 0.6) is 5.75 Å². The number of aromatic nitrogens is 3. The van der Waals surface area contributed by atoms with E-state index in [0.717, 1.165) is 11.1 Å². The van der Waals surface area contributed by atoms with Gasteiger partial charge in [0.2, 0.25) is 0 Å². The fraction of sp³-hybridized carbons (Fsp3) is 0.120. The second-order valence-electron chi connectivity index (χ2n) is 7.70. The molecule has 0 saturated heterocycles. The maximum absolute atomic E-state index is 13.3. The number of Topliss-reactive ketones (excluding diaryl/α,β-unsaturated/α-hetero) is 1. The van der Waals surface area contributed by atoms with E-state index in [4.69, 9.17) is 20.8 Å². The van der Waals surface area contributed by atoms with Crippen molar-refractivity contribution >= 4 is 51.3 Å². The number of ether oxygens (including phenoxy) is 1. The number of nitrogens with zero attached hydrogens (tertiary/aromatic N) is 3. The third kappa shape index (κ3) is 3.88. The molecule has 5 aromatic rings. The van der Waals surface area contributed by atoms with E-state index in [-0.39, 0.29) is 11.6 Å². The molecular formula is C25H19ClN4O4. The third-order valence-corrected chi connectivity index (χ3v) is 5.88. The highest BCUT2D eigenvalue weighted by Gasteiger charge is 2.27. The minimum Gasteiger partial charge on any atom is -0.497 e. The zero-order valence-corrected chi connectivity index (χ0v) is 19.1. The molecule has 0 spiro atoms. The zero-order chi connectivity index (χ0) is 23.8. The Kier molecular flexibility index (Phi) is 5.51. The number of carbonyl (C=O) groups is 2. The van der Waals surface area contributed by atoms with Gasteiger partial charge in [-0.1, -0.05) is 23.7 Å². The van der Waals surface area contributed by atoms with Crippen LogP contribution in [-0.2, 0) is 11.3 Å². The van der Waals surface area contributed by atoms with Gasteiger partial charge in [0.25, 0.3) is 11.7 Å². The number of hydrogen-bond donors (Lipinski definition) is 1. The number of hydrogen-bond acceptors (Lipinski definition) is 6. The lowest BCUT2D eigenvalue weighted by molar-refractivity contribution is -0.112. The fourth-order valence-corrected chi connectivity index (χ4v) is 4.08. The first-order chi connectivity index (χ1) is 16.4. The van der Waals surface area contributed by atoms with E-state index in [2.05, 4.69) is 15.3 Å². The van der Waals surface area contributed by atoms with Gasteiger partial charge < -0.3 is 13.7 Å². The van der Waals surface area contributed by atoms with Crippen LogP contribution in [0.1, 0.15) is 21.6 Å². The van der Waals surface area contributed by atoms with Crippen LogP contribution in [0.3, 0.4) is 0 Å². The molecule has 0 aliphatic carbocycles. The van der Waals surface area contributed by atoms with Gasteiger partial charge in [-0.2, -0.15) is 4.98 Å². The smallest absolute Gasteiger partial charge is 0.302 e. The summed E-state index contributed by atoms with van der Waals surface area (Å²) in [4.78, 5) is 34.4. The summed E-state index contributed by atoms with van der Waals surface area (Å²) in [5.41, 5.74) is 3.68. The number of oxazole rings is 1. The lowest BCUT2D eigenvalue weighted by atomic mass is 10.1. The van der Waals surface area contributed by atoms with Crippen molar-refractivity contribution in [3.63, 3.8) is 0 Å². The highest BCUT2D eigenvalue weighted by atomic mass is 35.5. The molecule has 170 valence electrons. The van der Waals surface area contributed by atoms with Crippen LogP contribution >= 0.6 is 11.6 Å². The number of ketones is 1. The summed E-state index contributed by atoms with van der Waals surface area (Å²) in [6.07, 6.45) is 3.06. The largest absolute Gasteiger partial charge is 0.497 e. The average molecular weight is 475 g/mol. The number of nitrogens with one attached hydrogen (secondary N) is 1. The summed E-state index contributed by atoms with van der Waals surface area (Å²) in [6.45, 7) is 2.31. The van der Waals surface area contributed by atoms with Crippen LogP contribution < -0.4 is 10.1 Å². The molecule has 1 N–H and O–H groups in total. The van der Waals surface area contributed by atoms with Crippen molar-refractivity contribution in [2.45, 2.75) is 13.5 Å². The first kappa shape index (κ1) is 21.7. The Morgan fingerprint density at radius 1 is 1.15 bits per heavy atom. The Labute approximate surface area is 199 Å². The minimum absolute atomic E-state index is 0.0681. The molecule has 0 radical (unpaired) electrons. The van der Waals surface area contributed by atoms with Crippen molar-refractivity contribution in [3.05, 3.63) is 82.8 Å². The lowest BCUT2D eigenvalue weighted by Crippen LogP contribution is -2.23. The van der Waals surface area contributed by atoms with Crippen LogP contribution in [0.4, 0.5) is 6.01 Å². The van der Waals surface area contributed by atoms with Crippen molar-refractivity contribution in [1.29, 1.82) is 0 Å². The Morgan fingerprint density at radius 2 is 1.94 bits per heavy atom. The second-order valence-corrected chi connectivity index (χ2v) is 8.14. The summed E-state index contributed by atoms with van der Waals surface area (Å²) in [5, 5.41) is 3.73. The van der Waals surface area contributed by atoms with Gasteiger partial charge >= 0.3 is 6.01 Å². The molecule has 8 nitrogen and oxygen atoms in total. The van der Waals surface area contributed by atoms with Gasteiger partial charge in [0, 0.05) is 40.4 Å². The highest BCUT2D eigenvalue weighted by molar-refractivity contribution is 6.48. The van der Waals surface area contributed by atoms with Gasteiger partial charge in [-0.15, -0.1) is 0 Å². The quantitative estimate of drug-likeness (QED) is 0.274. The van der Waals surface area contributed by atoms with E-state index in [0.29, 0.717) is 39.5 Å². The second kappa shape index (κ2) is 8.64. The lowest BCUT2D eigenvalue weighted by Gasteiger charge is -2.09. The Balaban J connectivity index is 1.54. The Bertz CT molecular complexity index is 1520. The molecular weight excluding hydrogens is 456 g/mol. The maximum Gasteiger partial charge on any atom is 0.302 e. The molecule has 9 heteroatoms. The molecule has 1 amide bonds. The van der Waals surface area contributed by atoms with E-state index in [1.54, 1.807) is 25.4 Å². The van der Waals surface area contributed by atoms with E-state index in [1.807, 2.05) is 47.9 Å². The number of rotatable bonds is 6. The number of pyridine rings is 1. The van der Waals surface area contributed by atoms with Gasteiger partial charge in [-0.25, -0.2) is 0 Å². The van der Waals surface area contributed by atoms with E-state index >= 15 is 0 Å². The summed E-state index contributed by atoms with van der Waals surface area (Å²) >= 11 is 6.02. The van der Waals surface area contributed by atoms with Crippen LogP contribution in [0.15, 0.2) is 65.3 Å². The predicted octanol–water partition coefficient (Wildman–Crippen LogP) is 5.02. The number of halogens is 1. The van der Waals surface area contributed by atoms with E-state index in [9.17, 15) is 9.59 Å². The van der Waals surface area contributed by atoms with Crippen molar-refractivity contribution in [3.8, 4) is 5.75 Å². The highest BCUT2D eigenvalue weighted by Crippen LogP contribution is 2.31. The SMILES string of the molecule is COc1ccc2c(c1)c(C(=O)C(=O)Nc1nc3cnccc3o1)c(C)n2Cc1ccc(Cl)cc1. The van der Waals surface area contributed by atoms with Gasteiger partial charge in [-0.3, -0.25) is 19.9 Å². The molecule has 3 aromatic heterocycles. The molecule has 0 saturated carbocycles. The van der Waals surface area contributed by atoms with Crippen molar-refractivity contribution in [1.82, 2.24) is 14.5 Å². The normalized spacial score (nSPS) is 11.1. The summed E-state index contributed by atoms with van der Waals surface area (Å²) in [6, 6.07) is 14.5. The minimum atomic E-state index is -0.851. The topological polar surface area (TPSA) is 99.2 Å². The molecule has 0 unspecified atom stereocenters. The van der Waals surface area contributed by atoms with Crippen molar-refractivity contribution < 1.29 is 18.7 Å². The first-order valence-corrected chi connectivity index (χ1v) is 10.8. The molecule has 34 heavy (non-hydrogen) atoms. The number of benzene rings is 2. The van der Waals surface area contributed by atoms with Crippen LogP contribution in [0.2, 0.25) is 5.02 Å². The van der Waals surface area contributed by atoms with Crippen molar-refractivity contribution in [2.24, 2.45) is 0 Å². The summed E-state index contributed by atoms with van der Waals surface area (Å²) < 4.78 is 12.9. The Hall–Kier alpha value is -4.17. The standard InChI is InChI=1S/C25H19ClN4O4/c1-14-22(23(31)24(32)29-25-28-19-12-27-10-9-21(19)34-25)18-11-17(33-2)7-8-20(18)30(14)13-15-3-5-16(26)6-4-15/h3-12H,13H2,1-2H3,(H,28,29,32). The number of amides is 1. The molecule has 0 atom stereocenters. The molecule has 0 aliphatic heterocycles. The fourth-order valence-electron chi connectivity index (χ4n) is 3.95. The average Bonchev–Trinajstić information content (AvgIpc) is 3.37. The monoisotopic (exact) mass is 474 g/mol. The zero-order valence-electron chi connectivity index (χ0n) is 18.3.